The average molecular weight is 465 g/mol. The number of benzene rings is 2. The molecule has 0 bridgehead atoms. The summed E-state index contributed by atoms with van der Waals surface area (Å²) in [6.07, 6.45) is -2.87. The maximum atomic E-state index is 13.1. The largest absolute Gasteiger partial charge is 0.416 e. The van der Waals surface area contributed by atoms with E-state index in [1.54, 1.807) is 6.07 Å². The van der Waals surface area contributed by atoms with Gasteiger partial charge in [-0.25, -0.2) is 4.98 Å². The number of anilines is 1. The van der Waals surface area contributed by atoms with Crippen molar-refractivity contribution in [2.75, 3.05) is 11.9 Å². The molecule has 0 saturated heterocycles. The third-order valence-electron chi connectivity index (χ3n) is 6.16. The lowest BCUT2D eigenvalue weighted by molar-refractivity contribution is -0.137. The molecule has 1 saturated carbocycles. The molecule has 0 amide bonds. The summed E-state index contributed by atoms with van der Waals surface area (Å²) in [6, 6.07) is 18.0. The first-order valence-corrected chi connectivity index (χ1v) is 11.0. The normalized spacial score (nSPS) is 16.3. The monoisotopic (exact) mass is 465 g/mol. The lowest BCUT2D eigenvalue weighted by Gasteiger charge is -2.18. The van der Waals surface area contributed by atoms with Crippen LogP contribution < -0.4 is 10.7 Å². The predicted octanol–water partition coefficient (Wildman–Crippen LogP) is 5.08. The fourth-order valence-electron chi connectivity index (χ4n) is 4.12. The molecule has 0 spiro atoms. The van der Waals surface area contributed by atoms with Gasteiger partial charge >= 0.3 is 6.18 Å². The van der Waals surface area contributed by atoms with Gasteiger partial charge in [-0.15, -0.1) is 0 Å². The third-order valence-corrected chi connectivity index (χ3v) is 6.16. The highest BCUT2D eigenvalue weighted by atomic mass is 19.4. The second-order valence-corrected chi connectivity index (χ2v) is 8.68. The van der Waals surface area contributed by atoms with Crippen molar-refractivity contribution < 1.29 is 17.9 Å². The van der Waals surface area contributed by atoms with Gasteiger partial charge < -0.3 is 10.1 Å². The second-order valence-electron chi connectivity index (χ2n) is 8.68. The molecule has 5 rings (SSSR count). The van der Waals surface area contributed by atoms with Crippen LogP contribution in [-0.4, -0.2) is 17.4 Å². The van der Waals surface area contributed by atoms with Gasteiger partial charge in [-0.1, -0.05) is 48.5 Å². The van der Waals surface area contributed by atoms with E-state index < -0.39 is 17.2 Å². The van der Waals surface area contributed by atoms with Crippen molar-refractivity contribution in [1.29, 1.82) is 0 Å². The van der Waals surface area contributed by atoms with E-state index in [2.05, 4.69) is 15.3 Å². The Morgan fingerprint density at radius 1 is 1.00 bits per heavy atom. The molecule has 2 heterocycles. The summed E-state index contributed by atoms with van der Waals surface area (Å²) in [5.41, 5.74) is 1.40. The summed E-state index contributed by atoms with van der Waals surface area (Å²) in [6.45, 7) is 0.675. The van der Waals surface area contributed by atoms with Crippen molar-refractivity contribution in [3.05, 3.63) is 105 Å². The molecule has 2 aliphatic rings. The Labute approximate surface area is 194 Å². The lowest BCUT2D eigenvalue weighted by Crippen LogP contribution is -2.20. The number of nitrogens with zero attached hydrogens (tertiary/aromatic N) is 2. The lowest BCUT2D eigenvalue weighted by atomic mass is 9.95. The molecule has 0 radical (unpaired) electrons. The van der Waals surface area contributed by atoms with Crippen LogP contribution in [-0.2, 0) is 29.5 Å². The van der Waals surface area contributed by atoms with E-state index in [9.17, 15) is 18.0 Å². The maximum Gasteiger partial charge on any atom is 0.416 e. The Balaban J connectivity index is 1.31. The Morgan fingerprint density at radius 3 is 2.53 bits per heavy atom. The van der Waals surface area contributed by atoms with Crippen LogP contribution in [0, 0.1) is 0 Å². The van der Waals surface area contributed by atoms with Crippen molar-refractivity contribution in [2.45, 2.75) is 37.6 Å². The average Bonchev–Trinajstić information content (AvgIpc) is 3.62. The van der Waals surface area contributed by atoms with Crippen LogP contribution in [0.3, 0.4) is 0 Å². The van der Waals surface area contributed by atoms with Crippen molar-refractivity contribution in [1.82, 2.24) is 4.98 Å². The number of halogens is 3. The number of aliphatic imine (C=N–C) groups is 1. The van der Waals surface area contributed by atoms with Crippen LogP contribution in [0.15, 0.2) is 76.5 Å². The van der Waals surface area contributed by atoms with Crippen LogP contribution in [0.4, 0.5) is 19.0 Å². The van der Waals surface area contributed by atoms with E-state index in [-0.39, 0.29) is 18.6 Å². The molecular formula is C26H22F3N3O2. The molecule has 34 heavy (non-hydrogen) atoms. The van der Waals surface area contributed by atoms with Gasteiger partial charge in [0.05, 0.1) is 31.0 Å². The van der Waals surface area contributed by atoms with Crippen molar-refractivity contribution in [2.24, 2.45) is 4.99 Å². The Bertz CT molecular complexity index is 1300. The number of hydrogen-bond acceptors (Lipinski definition) is 5. The summed E-state index contributed by atoms with van der Waals surface area (Å²) < 4.78 is 45.2. The first-order chi connectivity index (χ1) is 16.3. The first kappa shape index (κ1) is 22.3. The number of aromatic nitrogens is 1. The summed E-state index contributed by atoms with van der Waals surface area (Å²) in [4.78, 5) is 21.5. The number of ether oxygens (including phenoxy) is 1. The minimum absolute atomic E-state index is 0.0799. The molecule has 1 aliphatic carbocycles. The Hall–Kier alpha value is -3.52. The summed E-state index contributed by atoms with van der Waals surface area (Å²) in [5, 5.41) is 3.20. The molecule has 0 atom stereocenters. The Morgan fingerprint density at radius 2 is 1.79 bits per heavy atom. The highest BCUT2D eigenvalue weighted by Gasteiger charge is 2.45. The number of hydrogen-bond donors (Lipinski definition) is 1. The van der Waals surface area contributed by atoms with Crippen LogP contribution in [0.5, 0.6) is 0 Å². The first-order valence-electron chi connectivity index (χ1n) is 11.0. The molecule has 1 aromatic heterocycles. The smallest absolute Gasteiger partial charge is 0.374 e. The number of fused-ring (bicyclic) bond motifs is 1. The minimum atomic E-state index is -4.38. The maximum absolute atomic E-state index is 13.1. The van der Waals surface area contributed by atoms with Crippen LogP contribution in [0.25, 0.3) is 0 Å². The minimum Gasteiger partial charge on any atom is -0.374 e. The zero-order chi connectivity index (χ0) is 23.8. The number of rotatable bonds is 6. The van der Waals surface area contributed by atoms with Crippen LogP contribution in [0.2, 0.25) is 0 Å². The standard InChI is InChI=1S/C26H22F3N3O2/c27-26(28,29)20-8-4-7-19(12-20)25(9-10-25)16-34-15-21-13-22(33)11-18-14-30-23(32-24(18)31-21)17-5-2-1-3-6-17/h1-8,11-13H,9-10,14-16H2,(H,30,31,32). The quantitative estimate of drug-likeness (QED) is 0.552. The highest BCUT2D eigenvalue weighted by Crippen LogP contribution is 2.49. The van der Waals surface area contributed by atoms with Gasteiger partial charge in [0.25, 0.3) is 0 Å². The summed E-state index contributed by atoms with van der Waals surface area (Å²) >= 11 is 0. The van der Waals surface area contributed by atoms with E-state index in [1.165, 1.54) is 24.3 Å². The van der Waals surface area contributed by atoms with Gasteiger partial charge in [-0.05, 0) is 30.5 Å². The van der Waals surface area contributed by atoms with Gasteiger partial charge in [0, 0.05) is 22.6 Å². The van der Waals surface area contributed by atoms with Gasteiger partial charge in [0.2, 0.25) is 0 Å². The zero-order valence-electron chi connectivity index (χ0n) is 18.2. The van der Waals surface area contributed by atoms with Gasteiger partial charge in [0.15, 0.2) is 5.43 Å². The third kappa shape index (κ3) is 4.72. The van der Waals surface area contributed by atoms with E-state index >= 15 is 0 Å². The van der Waals surface area contributed by atoms with Crippen molar-refractivity contribution >= 4 is 11.7 Å². The molecule has 8 heteroatoms. The topological polar surface area (TPSA) is 63.6 Å². The fourth-order valence-corrected chi connectivity index (χ4v) is 4.12. The fraction of sp³-hybridized carbons (Fsp3) is 0.269. The molecular weight excluding hydrogens is 443 g/mol. The molecule has 3 aromatic rings. The summed E-state index contributed by atoms with van der Waals surface area (Å²) in [5.74, 6) is 1.22. The molecule has 1 N–H and O–H groups in total. The van der Waals surface area contributed by atoms with Crippen LogP contribution in [0.1, 0.15) is 40.8 Å². The van der Waals surface area contributed by atoms with Gasteiger partial charge in [-0.2, -0.15) is 13.2 Å². The van der Waals surface area contributed by atoms with E-state index in [4.69, 9.17) is 4.74 Å². The molecule has 174 valence electrons. The van der Waals surface area contributed by atoms with Crippen molar-refractivity contribution in [3.63, 3.8) is 0 Å². The second kappa shape index (κ2) is 8.68. The van der Waals surface area contributed by atoms with E-state index in [0.717, 1.165) is 24.5 Å². The zero-order valence-corrected chi connectivity index (χ0v) is 18.2. The number of amidine groups is 1. The molecule has 2 aromatic carbocycles. The molecule has 1 fully saturated rings. The highest BCUT2D eigenvalue weighted by molar-refractivity contribution is 6.08. The van der Waals surface area contributed by atoms with Gasteiger partial charge in [0.1, 0.15) is 11.7 Å². The van der Waals surface area contributed by atoms with Crippen molar-refractivity contribution in [3.8, 4) is 0 Å². The van der Waals surface area contributed by atoms with E-state index in [0.29, 0.717) is 35.0 Å². The Kier molecular flexibility index (Phi) is 5.69. The van der Waals surface area contributed by atoms with Crippen LogP contribution >= 0.6 is 0 Å². The number of alkyl halides is 3. The predicted molar refractivity (Wildman–Crippen MR) is 123 cm³/mol. The molecule has 5 nitrogen and oxygen atoms in total. The molecule has 1 aliphatic heterocycles. The SMILES string of the molecule is O=c1cc(COCC2(c3cccc(C(F)(F)F)c3)CC2)nc2c(c1)CN=C(c1ccccc1)N2. The number of nitrogens with one attached hydrogen (secondary N) is 1. The van der Waals surface area contributed by atoms with E-state index in [1.807, 2.05) is 30.3 Å². The molecule has 0 unspecified atom stereocenters. The van der Waals surface area contributed by atoms with Gasteiger partial charge in [-0.3, -0.25) is 9.79 Å². The summed E-state index contributed by atoms with van der Waals surface area (Å²) in [7, 11) is 0.